The number of hydrogen-bond donors (Lipinski definition) is 1. The lowest BCUT2D eigenvalue weighted by Crippen LogP contribution is -2.38. The highest BCUT2D eigenvalue weighted by Crippen LogP contribution is 2.38. The van der Waals surface area contributed by atoms with Crippen LogP contribution in [-0.4, -0.2) is 23.8 Å². The lowest BCUT2D eigenvalue weighted by atomic mass is 9.82. The number of sulfone groups is 1. The van der Waals surface area contributed by atoms with Crippen LogP contribution >= 0.6 is 0 Å². The number of benzene rings is 2. The van der Waals surface area contributed by atoms with Crippen LogP contribution < -0.4 is 5.32 Å². The molecule has 5 nitrogen and oxygen atoms in total. The average Bonchev–Trinajstić information content (AvgIpc) is 2.73. The summed E-state index contributed by atoms with van der Waals surface area (Å²) in [5, 5.41) is 2.29. The van der Waals surface area contributed by atoms with Gasteiger partial charge in [-0.2, -0.15) is 0 Å². The van der Waals surface area contributed by atoms with Crippen LogP contribution in [0, 0.1) is 0 Å². The maximum absolute atomic E-state index is 13.5. The van der Waals surface area contributed by atoms with Gasteiger partial charge in [-0.3, -0.25) is 0 Å². The standard InChI is InChI=1S/C21H21N3O2S/c25-27(26,17-10-2-1-3-11-17)20(24-21-22-14-7-15-23-21)19-13-6-9-16-8-4-5-12-18(16)19/h1-5,7-8,10-12,14-15,19-20H,6,9,13H2,(H,22,23,24). The third kappa shape index (κ3) is 3.57. The topological polar surface area (TPSA) is 72.0 Å². The molecule has 2 unspecified atom stereocenters. The monoisotopic (exact) mass is 379 g/mol. The third-order valence-electron chi connectivity index (χ3n) is 5.02. The maximum atomic E-state index is 13.5. The summed E-state index contributed by atoms with van der Waals surface area (Å²) in [6.07, 6.45) is 5.95. The first kappa shape index (κ1) is 17.7. The summed E-state index contributed by atoms with van der Waals surface area (Å²) in [5.41, 5.74) is 2.31. The Kier molecular flexibility index (Phi) is 4.90. The third-order valence-corrected chi connectivity index (χ3v) is 7.07. The number of anilines is 1. The van der Waals surface area contributed by atoms with Crippen molar-refractivity contribution in [3.8, 4) is 0 Å². The van der Waals surface area contributed by atoms with E-state index >= 15 is 0 Å². The molecule has 1 aliphatic rings. The van der Waals surface area contributed by atoms with Gasteiger partial charge in [0.25, 0.3) is 0 Å². The van der Waals surface area contributed by atoms with Crippen molar-refractivity contribution < 1.29 is 8.42 Å². The van der Waals surface area contributed by atoms with Crippen molar-refractivity contribution in [2.75, 3.05) is 5.32 Å². The Hall–Kier alpha value is -2.73. The molecule has 0 radical (unpaired) electrons. The SMILES string of the molecule is O=S(=O)(c1ccccc1)C(Nc1ncccn1)C1CCCc2ccccc21. The van der Waals surface area contributed by atoms with Crippen molar-refractivity contribution in [1.82, 2.24) is 9.97 Å². The van der Waals surface area contributed by atoms with Gasteiger partial charge in [-0.25, -0.2) is 18.4 Å². The van der Waals surface area contributed by atoms with Gasteiger partial charge in [0.15, 0.2) is 9.84 Å². The second-order valence-corrected chi connectivity index (χ2v) is 8.76. The lowest BCUT2D eigenvalue weighted by Gasteiger charge is -2.32. The highest BCUT2D eigenvalue weighted by Gasteiger charge is 2.38. The minimum Gasteiger partial charge on any atom is -0.337 e. The second kappa shape index (κ2) is 7.48. The predicted molar refractivity (Wildman–Crippen MR) is 105 cm³/mol. The van der Waals surface area contributed by atoms with E-state index in [0.29, 0.717) is 10.8 Å². The van der Waals surface area contributed by atoms with E-state index in [1.165, 1.54) is 5.56 Å². The Labute approximate surface area is 159 Å². The van der Waals surface area contributed by atoms with Gasteiger partial charge < -0.3 is 5.32 Å². The van der Waals surface area contributed by atoms with Gasteiger partial charge in [0.2, 0.25) is 5.95 Å². The molecule has 2 aromatic carbocycles. The first-order valence-electron chi connectivity index (χ1n) is 9.06. The van der Waals surface area contributed by atoms with Gasteiger partial charge in [-0.1, -0.05) is 42.5 Å². The van der Waals surface area contributed by atoms with Crippen molar-refractivity contribution in [3.63, 3.8) is 0 Å². The molecular formula is C21H21N3O2S. The fourth-order valence-corrected chi connectivity index (χ4v) is 5.56. The van der Waals surface area contributed by atoms with Crippen LogP contribution in [0.4, 0.5) is 5.95 Å². The molecule has 0 aliphatic heterocycles. The normalized spacial score (nSPS) is 17.7. The van der Waals surface area contributed by atoms with Gasteiger partial charge in [0.05, 0.1) is 4.90 Å². The Morgan fingerprint density at radius 2 is 1.63 bits per heavy atom. The minimum atomic E-state index is -3.63. The van der Waals surface area contributed by atoms with Crippen molar-refractivity contribution in [2.45, 2.75) is 35.4 Å². The Balaban J connectivity index is 1.80. The molecule has 0 spiro atoms. The number of hydrogen-bond acceptors (Lipinski definition) is 5. The highest BCUT2D eigenvalue weighted by molar-refractivity contribution is 7.92. The number of fused-ring (bicyclic) bond motifs is 1. The zero-order valence-electron chi connectivity index (χ0n) is 14.8. The quantitative estimate of drug-likeness (QED) is 0.730. The first-order chi connectivity index (χ1) is 13.2. The lowest BCUT2D eigenvalue weighted by molar-refractivity contribution is 0.517. The van der Waals surface area contributed by atoms with E-state index in [1.807, 2.05) is 24.3 Å². The van der Waals surface area contributed by atoms with Crippen LogP contribution in [0.1, 0.15) is 29.9 Å². The van der Waals surface area contributed by atoms with Gasteiger partial charge in [-0.15, -0.1) is 0 Å². The van der Waals surface area contributed by atoms with Crippen LogP contribution in [0.3, 0.4) is 0 Å². The van der Waals surface area contributed by atoms with E-state index in [1.54, 1.807) is 42.7 Å². The van der Waals surface area contributed by atoms with E-state index in [-0.39, 0.29) is 5.92 Å². The Bertz CT molecular complexity index is 1010. The van der Waals surface area contributed by atoms with Crippen molar-refractivity contribution >= 4 is 15.8 Å². The number of nitrogens with zero attached hydrogens (tertiary/aromatic N) is 2. The fourth-order valence-electron chi connectivity index (χ4n) is 3.76. The van der Waals surface area contributed by atoms with E-state index in [2.05, 4.69) is 21.4 Å². The molecule has 1 aromatic heterocycles. The van der Waals surface area contributed by atoms with Crippen LogP contribution in [0.2, 0.25) is 0 Å². The highest BCUT2D eigenvalue weighted by atomic mass is 32.2. The maximum Gasteiger partial charge on any atom is 0.223 e. The van der Waals surface area contributed by atoms with Crippen molar-refractivity contribution in [1.29, 1.82) is 0 Å². The Morgan fingerprint density at radius 3 is 2.41 bits per heavy atom. The van der Waals surface area contributed by atoms with Crippen molar-refractivity contribution in [2.24, 2.45) is 0 Å². The molecular weight excluding hydrogens is 358 g/mol. The van der Waals surface area contributed by atoms with Crippen LogP contribution in [-0.2, 0) is 16.3 Å². The zero-order chi connectivity index (χ0) is 18.7. The van der Waals surface area contributed by atoms with Crippen molar-refractivity contribution in [3.05, 3.63) is 84.2 Å². The molecule has 0 bridgehead atoms. The predicted octanol–water partition coefficient (Wildman–Crippen LogP) is 3.81. The second-order valence-electron chi connectivity index (χ2n) is 6.69. The van der Waals surface area contributed by atoms with Gasteiger partial charge >= 0.3 is 0 Å². The summed E-state index contributed by atoms with van der Waals surface area (Å²) in [4.78, 5) is 8.69. The summed E-state index contributed by atoms with van der Waals surface area (Å²) in [5.74, 6) is 0.161. The molecule has 0 fully saturated rings. The average molecular weight is 379 g/mol. The van der Waals surface area contributed by atoms with E-state index in [9.17, 15) is 8.42 Å². The van der Waals surface area contributed by atoms with Gasteiger partial charge in [0, 0.05) is 18.3 Å². The van der Waals surface area contributed by atoms with E-state index < -0.39 is 15.2 Å². The summed E-state index contributed by atoms with van der Waals surface area (Å²) >= 11 is 0. The fraction of sp³-hybridized carbons (Fsp3) is 0.238. The number of aryl methyl sites for hydroxylation is 1. The summed E-state index contributed by atoms with van der Waals surface area (Å²) in [7, 11) is -3.63. The van der Waals surface area contributed by atoms with E-state index in [4.69, 9.17) is 0 Å². The molecule has 1 heterocycles. The van der Waals surface area contributed by atoms with Gasteiger partial charge in [-0.05, 0) is 48.6 Å². The van der Waals surface area contributed by atoms with Gasteiger partial charge in [0.1, 0.15) is 5.37 Å². The molecule has 1 aliphatic carbocycles. The van der Waals surface area contributed by atoms with Crippen LogP contribution in [0.15, 0.2) is 78.0 Å². The van der Waals surface area contributed by atoms with Crippen LogP contribution in [0.5, 0.6) is 0 Å². The largest absolute Gasteiger partial charge is 0.337 e. The van der Waals surface area contributed by atoms with Crippen LogP contribution in [0.25, 0.3) is 0 Å². The smallest absolute Gasteiger partial charge is 0.223 e. The number of rotatable bonds is 5. The molecule has 3 aromatic rings. The number of aromatic nitrogens is 2. The minimum absolute atomic E-state index is 0.163. The summed E-state index contributed by atoms with van der Waals surface area (Å²) in [6, 6.07) is 18.4. The Morgan fingerprint density at radius 1 is 0.926 bits per heavy atom. The first-order valence-corrected chi connectivity index (χ1v) is 10.6. The molecule has 0 saturated carbocycles. The molecule has 4 rings (SSSR count). The molecule has 1 N–H and O–H groups in total. The molecule has 27 heavy (non-hydrogen) atoms. The molecule has 6 heteroatoms. The number of nitrogens with one attached hydrogen (secondary N) is 1. The summed E-state index contributed by atoms with van der Waals surface area (Å²) < 4.78 is 27.1. The molecule has 2 atom stereocenters. The molecule has 138 valence electrons. The van der Waals surface area contributed by atoms with E-state index in [0.717, 1.165) is 24.8 Å². The zero-order valence-corrected chi connectivity index (χ0v) is 15.6. The molecule has 0 saturated heterocycles. The molecule has 0 amide bonds. The summed E-state index contributed by atoms with van der Waals surface area (Å²) in [6.45, 7) is 0.